The average molecular weight is 351 g/mol. The first kappa shape index (κ1) is 17.9. The summed E-state index contributed by atoms with van der Waals surface area (Å²) >= 11 is 0. The van der Waals surface area contributed by atoms with Gasteiger partial charge in [-0.2, -0.15) is 0 Å². The molecule has 0 heterocycles. The molecule has 0 saturated heterocycles. The summed E-state index contributed by atoms with van der Waals surface area (Å²) in [5, 5.41) is 0. The number of hydrogen-bond donors (Lipinski definition) is 0. The van der Waals surface area contributed by atoms with Crippen molar-refractivity contribution in [1.29, 1.82) is 0 Å². The smallest absolute Gasteiger partial charge is 0.343 e. The summed E-state index contributed by atoms with van der Waals surface area (Å²) < 4.78 is 35.4. The average Bonchev–Trinajstić information content (AvgIpc) is 2.61. The molecule has 128 valence electrons. The fourth-order valence-electron chi connectivity index (χ4n) is 1.84. The van der Waals surface area contributed by atoms with Gasteiger partial charge in [-0.25, -0.2) is 13.2 Å². The van der Waals surface area contributed by atoms with Crippen molar-refractivity contribution in [1.82, 2.24) is 4.47 Å². The number of rotatable bonds is 6. The van der Waals surface area contributed by atoms with Gasteiger partial charge in [0.15, 0.2) is 0 Å². The number of methoxy groups -OCH3 is 1. The third kappa shape index (κ3) is 3.91. The largest absolute Gasteiger partial charge is 0.497 e. The maximum absolute atomic E-state index is 12.2. The van der Waals surface area contributed by atoms with Gasteiger partial charge in [-0.05, 0) is 42.5 Å². The van der Waals surface area contributed by atoms with Crippen molar-refractivity contribution in [3.8, 4) is 11.5 Å². The number of sulfonamides is 1. The van der Waals surface area contributed by atoms with Crippen LogP contribution in [0.15, 0.2) is 53.4 Å². The van der Waals surface area contributed by atoms with Crippen LogP contribution in [0.4, 0.5) is 0 Å². The monoisotopic (exact) mass is 351 g/mol. The summed E-state index contributed by atoms with van der Waals surface area (Å²) in [6, 6.07) is 12.0. The highest BCUT2D eigenvalue weighted by atomic mass is 32.2. The zero-order chi connectivity index (χ0) is 17.7. The molecule has 2 rings (SSSR count). The number of carbonyl (C=O) groups excluding carboxylic acids is 1. The predicted molar refractivity (Wildman–Crippen MR) is 86.4 cm³/mol. The van der Waals surface area contributed by atoms with Crippen molar-refractivity contribution >= 4 is 16.0 Å². The topological polar surface area (TPSA) is 82.1 Å². The van der Waals surface area contributed by atoms with Crippen molar-refractivity contribution in [3.05, 3.63) is 54.1 Å². The Morgan fingerprint density at radius 2 is 1.62 bits per heavy atom. The van der Waals surface area contributed by atoms with Gasteiger partial charge in [0.2, 0.25) is 0 Å². The minimum absolute atomic E-state index is 0.0731. The summed E-state index contributed by atoms with van der Waals surface area (Å²) in [4.78, 5) is 16.8. The lowest BCUT2D eigenvalue weighted by Gasteiger charge is -2.14. The second-order valence-electron chi connectivity index (χ2n) is 4.69. The van der Waals surface area contributed by atoms with Gasteiger partial charge in [0.1, 0.15) is 11.5 Å². The summed E-state index contributed by atoms with van der Waals surface area (Å²) in [6.07, 6.45) is 0. The molecule has 0 radical (unpaired) electrons. The van der Waals surface area contributed by atoms with E-state index in [9.17, 15) is 13.2 Å². The van der Waals surface area contributed by atoms with Crippen molar-refractivity contribution < 1.29 is 27.5 Å². The van der Waals surface area contributed by atoms with Crippen LogP contribution in [0.1, 0.15) is 10.4 Å². The Morgan fingerprint density at radius 3 is 2.21 bits per heavy atom. The quantitative estimate of drug-likeness (QED) is 0.450. The Bertz CT molecular complexity index is 817. The highest BCUT2D eigenvalue weighted by Crippen LogP contribution is 2.20. The van der Waals surface area contributed by atoms with Crippen LogP contribution < -0.4 is 9.47 Å². The van der Waals surface area contributed by atoms with E-state index < -0.39 is 16.0 Å². The van der Waals surface area contributed by atoms with E-state index in [1.165, 1.54) is 45.5 Å². The molecule has 8 heteroatoms. The Labute approximate surface area is 140 Å². The molecule has 0 N–H and O–H groups in total. The van der Waals surface area contributed by atoms with Crippen molar-refractivity contribution in [2.45, 2.75) is 4.90 Å². The summed E-state index contributed by atoms with van der Waals surface area (Å²) in [5.41, 5.74) is 0.108. The zero-order valence-electron chi connectivity index (χ0n) is 13.4. The fraction of sp³-hybridized carbons (Fsp3) is 0.188. The van der Waals surface area contributed by atoms with E-state index in [1.807, 2.05) is 0 Å². The van der Waals surface area contributed by atoms with Gasteiger partial charge in [-0.1, -0.05) is 10.5 Å². The van der Waals surface area contributed by atoms with Gasteiger partial charge >= 0.3 is 5.97 Å². The number of carbonyl (C=O) groups is 1. The third-order valence-corrected chi connectivity index (χ3v) is 4.91. The second kappa shape index (κ2) is 7.43. The lowest BCUT2D eigenvalue weighted by Crippen LogP contribution is -2.26. The number of hydroxylamine groups is 1. The first-order chi connectivity index (χ1) is 11.4. The molecule has 24 heavy (non-hydrogen) atoms. The highest BCUT2D eigenvalue weighted by molar-refractivity contribution is 7.89. The molecule has 7 nitrogen and oxygen atoms in total. The number of ether oxygens (including phenoxy) is 2. The Balaban J connectivity index is 2.22. The molecule has 0 aliphatic carbocycles. The standard InChI is InChI=1S/C16H17NO6S/c1-17(22-3)24(19,20)15-6-4-5-12(11-15)16(18)23-14-9-7-13(21-2)8-10-14/h4-11H,1-3H3. The van der Waals surface area contributed by atoms with Crippen LogP contribution in [-0.2, 0) is 14.9 Å². The molecule has 0 aromatic heterocycles. The van der Waals surface area contributed by atoms with E-state index in [-0.39, 0.29) is 10.5 Å². The van der Waals surface area contributed by atoms with Crippen molar-refractivity contribution in [2.75, 3.05) is 21.3 Å². The van der Waals surface area contributed by atoms with E-state index in [0.29, 0.717) is 16.0 Å². The molecule has 0 unspecified atom stereocenters. The molecule has 0 bridgehead atoms. The van der Waals surface area contributed by atoms with E-state index in [0.717, 1.165) is 0 Å². The predicted octanol–water partition coefficient (Wildman–Crippen LogP) is 2.10. The van der Waals surface area contributed by atoms with Crippen LogP contribution in [0, 0.1) is 0 Å². The SMILES string of the molecule is COc1ccc(OC(=O)c2cccc(S(=O)(=O)N(C)OC)c2)cc1. The van der Waals surface area contributed by atoms with Gasteiger partial charge in [0.25, 0.3) is 10.0 Å². The number of hydrogen-bond acceptors (Lipinski definition) is 6. The van der Waals surface area contributed by atoms with E-state index in [2.05, 4.69) is 0 Å². The highest BCUT2D eigenvalue weighted by Gasteiger charge is 2.22. The maximum Gasteiger partial charge on any atom is 0.343 e. The Hall–Kier alpha value is -2.42. The maximum atomic E-state index is 12.2. The molecule has 2 aromatic rings. The molecule has 0 aliphatic rings. The van der Waals surface area contributed by atoms with Crippen molar-refractivity contribution in [3.63, 3.8) is 0 Å². The molecule has 0 amide bonds. The van der Waals surface area contributed by atoms with E-state index >= 15 is 0 Å². The van der Waals surface area contributed by atoms with Crippen LogP contribution in [0.5, 0.6) is 11.5 Å². The molecule has 2 aromatic carbocycles. The molecule has 0 fully saturated rings. The van der Waals surface area contributed by atoms with E-state index in [4.69, 9.17) is 14.3 Å². The number of esters is 1. The Morgan fingerprint density at radius 1 is 1.00 bits per heavy atom. The molecule has 0 aliphatic heterocycles. The van der Waals surface area contributed by atoms with E-state index in [1.54, 1.807) is 24.3 Å². The number of benzene rings is 2. The summed E-state index contributed by atoms with van der Waals surface area (Å²) in [5.74, 6) is 0.283. The first-order valence-electron chi connectivity index (χ1n) is 6.88. The van der Waals surface area contributed by atoms with Crippen molar-refractivity contribution in [2.24, 2.45) is 0 Å². The minimum Gasteiger partial charge on any atom is -0.497 e. The van der Waals surface area contributed by atoms with Gasteiger partial charge in [0.05, 0.1) is 24.7 Å². The Kier molecular flexibility index (Phi) is 5.55. The van der Waals surface area contributed by atoms with Gasteiger partial charge < -0.3 is 9.47 Å². The third-order valence-electron chi connectivity index (χ3n) is 3.23. The number of nitrogens with zero attached hydrogens (tertiary/aromatic N) is 1. The normalized spacial score (nSPS) is 11.3. The molecular formula is C16H17NO6S. The lowest BCUT2D eigenvalue weighted by molar-refractivity contribution is -0.0258. The molecular weight excluding hydrogens is 334 g/mol. The molecule has 0 spiro atoms. The van der Waals surface area contributed by atoms with Gasteiger partial charge in [0, 0.05) is 7.05 Å². The summed E-state index contributed by atoms with van der Waals surface area (Å²) in [7, 11) is 0.189. The van der Waals surface area contributed by atoms with Crippen LogP contribution in [0.2, 0.25) is 0 Å². The lowest BCUT2D eigenvalue weighted by atomic mass is 10.2. The zero-order valence-corrected chi connectivity index (χ0v) is 14.2. The van der Waals surface area contributed by atoms with Crippen LogP contribution in [0.3, 0.4) is 0 Å². The van der Waals surface area contributed by atoms with Gasteiger partial charge in [-0.3, -0.25) is 4.84 Å². The summed E-state index contributed by atoms with van der Waals surface area (Å²) in [6.45, 7) is 0. The van der Waals surface area contributed by atoms with Crippen LogP contribution in [-0.4, -0.2) is 40.1 Å². The fourth-order valence-corrected chi connectivity index (χ4v) is 2.86. The molecule has 0 saturated carbocycles. The van der Waals surface area contributed by atoms with Crippen LogP contribution in [0.25, 0.3) is 0 Å². The van der Waals surface area contributed by atoms with Gasteiger partial charge in [-0.15, -0.1) is 0 Å². The molecule has 0 atom stereocenters. The first-order valence-corrected chi connectivity index (χ1v) is 8.32. The second-order valence-corrected chi connectivity index (χ2v) is 6.63. The van der Waals surface area contributed by atoms with Crippen LogP contribution >= 0.6 is 0 Å². The minimum atomic E-state index is -3.84.